The van der Waals surface area contributed by atoms with Crippen LogP contribution in [-0.2, 0) is 25.6 Å². The van der Waals surface area contributed by atoms with Crippen LogP contribution in [0.3, 0.4) is 0 Å². The van der Waals surface area contributed by atoms with E-state index >= 15 is 0 Å². The van der Waals surface area contributed by atoms with Gasteiger partial charge >= 0.3 is 11.9 Å². The lowest BCUT2D eigenvalue weighted by molar-refractivity contribution is -0.150. The molecule has 9 heteroatoms. The molecule has 1 heterocycles. The summed E-state index contributed by atoms with van der Waals surface area (Å²) in [5.74, 6) is -0.179. The highest BCUT2D eigenvalue weighted by Crippen LogP contribution is 2.17. The predicted molar refractivity (Wildman–Crippen MR) is 222 cm³/mol. The lowest BCUT2D eigenvalue weighted by Gasteiger charge is -2.27. The second-order valence-electron chi connectivity index (χ2n) is 15.9. The van der Waals surface area contributed by atoms with E-state index in [1.165, 1.54) is 64.2 Å². The van der Waals surface area contributed by atoms with E-state index in [1.54, 1.807) is 6.20 Å². The maximum Gasteiger partial charge on any atom is 0.306 e. The van der Waals surface area contributed by atoms with Gasteiger partial charge < -0.3 is 24.3 Å². The number of nitrogens with zero attached hydrogens (tertiary/aromatic N) is 3. The van der Waals surface area contributed by atoms with Crippen LogP contribution in [-0.4, -0.2) is 80.7 Å². The minimum Gasteiger partial charge on any atom is -0.462 e. The van der Waals surface area contributed by atoms with Crippen LogP contribution in [0.25, 0.3) is 0 Å². The van der Waals surface area contributed by atoms with Gasteiger partial charge in [-0.15, -0.1) is 0 Å². The second-order valence-corrected chi connectivity index (χ2v) is 15.9. The molecule has 0 aromatic carbocycles. The molecular formula is C45H85N3O6. The number of carbonyl (C=O) groups is 2. The predicted octanol–water partition coefficient (Wildman–Crippen LogP) is 10.7. The molecule has 1 aromatic rings. The Kier molecular flexibility index (Phi) is 32.9. The maximum atomic E-state index is 12.5. The van der Waals surface area contributed by atoms with Crippen molar-refractivity contribution in [3.05, 3.63) is 18.7 Å². The molecular weight excluding hydrogens is 679 g/mol. The van der Waals surface area contributed by atoms with E-state index in [0.29, 0.717) is 38.8 Å². The zero-order valence-corrected chi connectivity index (χ0v) is 35.5. The van der Waals surface area contributed by atoms with Crippen LogP contribution in [0.15, 0.2) is 18.7 Å². The number of imidazole rings is 1. The van der Waals surface area contributed by atoms with Gasteiger partial charge in [0.2, 0.25) is 0 Å². The highest BCUT2D eigenvalue weighted by atomic mass is 16.5. The first kappa shape index (κ1) is 50.0. The Labute approximate surface area is 331 Å². The third kappa shape index (κ3) is 29.3. The number of hydrogen-bond acceptors (Lipinski definition) is 8. The fraction of sp³-hybridized carbons (Fsp3) is 0.889. The Morgan fingerprint density at radius 2 is 1.04 bits per heavy atom. The third-order valence-electron chi connectivity index (χ3n) is 10.7. The van der Waals surface area contributed by atoms with E-state index in [1.807, 2.05) is 12.5 Å². The van der Waals surface area contributed by atoms with Gasteiger partial charge in [-0.05, 0) is 83.6 Å². The van der Waals surface area contributed by atoms with Crippen molar-refractivity contribution < 1.29 is 29.3 Å². The first-order chi connectivity index (χ1) is 26.3. The van der Waals surface area contributed by atoms with Crippen molar-refractivity contribution in [3.63, 3.8) is 0 Å². The number of aryl methyl sites for hydroxylation is 1. The molecule has 0 saturated heterocycles. The maximum absolute atomic E-state index is 12.5. The summed E-state index contributed by atoms with van der Waals surface area (Å²) in [6, 6.07) is 0. The Bertz CT molecular complexity index is 921. The Hall–Kier alpha value is -1.97. The molecule has 4 unspecified atom stereocenters. The van der Waals surface area contributed by atoms with Gasteiger partial charge in [0.15, 0.2) is 0 Å². The van der Waals surface area contributed by atoms with Crippen LogP contribution in [0.5, 0.6) is 0 Å². The minimum atomic E-state index is -0.474. The summed E-state index contributed by atoms with van der Waals surface area (Å²) in [5.41, 5.74) is 0. The van der Waals surface area contributed by atoms with Crippen molar-refractivity contribution in [3.8, 4) is 0 Å². The van der Waals surface area contributed by atoms with Gasteiger partial charge in [0, 0.05) is 44.9 Å². The van der Waals surface area contributed by atoms with Gasteiger partial charge in [0.25, 0.3) is 0 Å². The number of rotatable bonds is 39. The highest BCUT2D eigenvalue weighted by molar-refractivity contribution is 5.69. The van der Waals surface area contributed by atoms with E-state index in [4.69, 9.17) is 9.47 Å². The number of unbranched alkanes of at least 4 members (excludes halogenated alkanes) is 15. The van der Waals surface area contributed by atoms with E-state index in [0.717, 1.165) is 103 Å². The zero-order valence-electron chi connectivity index (χ0n) is 35.5. The molecule has 0 saturated carbocycles. The lowest BCUT2D eigenvalue weighted by Crippen LogP contribution is -2.38. The largest absolute Gasteiger partial charge is 0.462 e. The Balaban J connectivity index is 2.35. The Morgan fingerprint density at radius 3 is 1.48 bits per heavy atom. The molecule has 54 heavy (non-hydrogen) atoms. The van der Waals surface area contributed by atoms with Gasteiger partial charge in [-0.1, -0.05) is 118 Å². The summed E-state index contributed by atoms with van der Waals surface area (Å²) in [4.78, 5) is 31.3. The topological polar surface area (TPSA) is 114 Å². The lowest BCUT2D eigenvalue weighted by atomic mass is 10.1. The molecule has 0 aliphatic carbocycles. The summed E-state index contributed by atoms with van der Waals surface area (Å²) in [6.07, 6.45) is 32.6. The summed E-state index contributed by atoms with van der Waals surface area (Å²) in [7, 11) is 0. The molecule has 0 amide bonds. The SMILES string of the molecule is CCCCCCCCC(CC)OC(=O)CCCCCC(O)CN(CCCCn1ccnc1)CC(O)CCCCCC(=O)OC(CC)CCCCCCCC. The van der Waals surface area contributed by atoms with E-state index in [9.17, 15) is 19.8 Å². The van der Waals surface area contributed by atoms with Gasteiger partial charge in [-0.2, -0.15) is 0 Å². The highest BCUT2D eigenvalue weighted by Gasteiger charge is 2.17. The van der Waals surface area contributed by atoms with Crippen molar-refractivity contribution in [2.75, 3.05) is 19.6 Å². The molecule has 316 valence electrons. The fourth-order valence-corrected chi connectivity index (χ4v) is 7.22. The van der Waals surface area contributed by atoms with Crippen LogP contribution < -0.4 is 0 Å². The summed E-state index contributed by atoms with van der Waals surface area (Å²) in [6.45, 7) is 11.4. The van der Waals surface area contributed by atoms with Crippen LogP contribution >= 0.6 is 0 Å². The first-order valence-corrected chi connectivity index (χ1v) is 22.7. The molecule has 0 spiro atoms. The quantitative estimate of drug-likeness (QED) is 0.0503. The molecule has 4 atom stereocenters. The number of esters is 2. The van der Waals surface area contributed by atoms with Gasteiger partial charge in [-0.3, -0.25) is 14.5 Å². The van der Waals surface area contributed by atoms with Gasteiger partial charge in [0.1, 0.15) is 12.2 Å². The third-order valence-corrected chi connectivity index (χ3v) is 10.7. The molecule has 0 radical (unpaired) electrons. The van der Waals surface area contributed by atoms with Gasteiger partial charge in [-0.25, -0.2) is 4.98 Å². The number of ether oxygens (including phenoxy) is 2. The number of aromatic nitrogens is 2. The van der Waals surface area contributed by atoms with Crippen molar-refractivity contribution in [1.29, 1.82) is 0 Å². The summed E-state index contributed by atoms with van der Waals surface area (Å²) < 4.78 is 13.6. The average Bonchev–Trinajstić information content (AvgIpc) is 3.68. The fourth-order valence-electron chi connectivity index (χ4n) is 7.22. The molecule has 1 rings (SSSR count). The molecule has 2 N–H and O–H groups in total. The standard InChI is InChI=1S/C45H85N3O6/c1-5-9-11-13-15-21-29-42(7-3)53-44(51)31-23-17-19-27-40(49)37-48(35-26-25-34-47-36-33-46-39-47)38-41(50)28-20-18-24-32-45(52)54-43(8-4)30-22-16-14-12-10-6-2/h33,36,39-43,49-50H,5-32,34-35,37-38H2,1-4H3. The van der Waals surface area contributed by atoms with Crippen molar-refractivity contribution in [1.82, 2.24) is 14.5 Å². The summed E-state index contributed by atoms with van der Waals surface area (Å²) >= 11 is 0. The van der Waals surface area contributed by atoms with E-state index in [-0.39, 0.29) is 24.1 Å². The molecule has 9 nitrogen and oxygen atoms in total. The van der Waals surface area contributed by atoms with E-state index in [2.05, 4.69) is 42.1 Å². The molecule has 1 aromatic heterocycles. The second kappa shape index (κ2) is 35.4. The zero-order chi connectivity index (χ0) is 39.5. The first-order valence-electron chi connectivity index (χ1n) is 22.7. The van der Waals surface area contributed by atoms with Gasteiger partial charge in [0.05, 0.1) is 18.5 Å². The van der Waals surface area contributed by atoms with Crippen LogP contribution in [0.1, 0.15) is 207 Å². The smallest absolute Gasteiger partial charge is 0.306 e. The number of carbonyl (C=O) groups excluding carboxylic acids is 2. The molecule has 0 bridgehead atoms. The minimum absolute atomic E-state index is 0.0358. The number of aliphatic hydroxyl groups excluding tert-OH is 2. The van der Waals surface area contributed by atoms with Crippen molar-refractivity contribution >= 4 is 11.9 Å². The number of aliphatic hydroxyl groups is 2. The average molecular weight is 764 g/mol. The molecule has 0 fully saturated rings. The van der Waals surface area contributed by atoms with Crippen LogP contribution in [0.2, 0.25) is 0 Å². The molecule has 0 aliphatic heterocycles. The van der Waals surface area contributed by atoms with Crippen molar-refractivity contribution in [2.24, 2.45) is 0 Å². The normalized spacial score (nSPS) is 13.9. The van der Waals surface area contributed by atoms with Crippen molar-refractivity contribution in [2.45, 2.75) is 238 Å². The van der Waals surface area contributed by atoms with Crippen LogP contribution in [0, 0.1) is 0 Å². The Morgan fingerprint density at radius 1 is 0.593 bits per heavy atom. The summed E-state index contributed by atoms with van der Waals surface area (Å²) in [5, 5.41) is 21.9. The molecule has 0 aliphatic rings. The van der Waals surface area contributed by atoms with Crippen LogP contribution in [0.4, 0.5) is 0 Å². The number of hydrogen-bond donors (Lipinski definition) is 2. The van der Waals surface area contributed by atoms with E-state index < -0.39 is 12.2 Å². The monoisotopic (exact) mass is 764 g/mol.